The number of rotatable bonds is 7. The minimum atomic E-state index is -0.336. The third-order valence-corrected chi connectivity index (χ3v) is 3.31. The largest absolute Gasteiger partial charge is 0.465 e. The Kier molecular flexibility index (Phi) is 6.40. The minimum absolute atomic E-state index is 0.336. The average Bonchev–Trinajstić information content (AvgIpc) is 2.55. The number of hydrogen-bond acceptors (Lipinski definition) is 4. The standard InChI is InChI=1S/C17H18ClNO3/c1-21-17(20)16-7-5-13(6-8-16)11-22-12-15-4-2-3-14(9-15)10-19-18/h2-9,19H,10-12H2,1H3. The summed E-state index contributed by atoms with van der Waals surface area (Å²) in [5, 5.41) is 0. The summed E-state index contributed by atoms with van der Waals surface area (Å²) in [6.45, 7) is 1.62. The maximum atomic E-state index is 11.3. The predicted molar refractivity (Wildman–Crippen MR) is 85.4 cm³/mol. The Labute approximate surface area is 135 Å². The number of methoxy groups -OCH3 is 1. The van der Waals surface area contributed by atoms with Gasteiger partial charge in [0.15, 0.2) is 0 Å². The summed E-state index contributed by atoms with van der Waals surface area (Å²) in [4.78, 5) is 13.9. The van der Waals surface area contributed by atoms with E-state index in [0.717, 1.165) is 16.7 Å². The normalized spacial score (nSPS) is 10.5. The molecule has 0 atom stereocenters. The van der Waals surface area contributed by atoms with Gasteiger partial charge in [-0.15, -0.1) is 0 Å². The Hall–Kier alpha value is -1.88. The van der Waals surface area contributed by atoms with Crippen molar-refractivity contribution in [2.24, 2.45) is 0 Å². The molecule has 2 rings (SSSR count). The molecule has 0 aliphatic carbocycles. The molecule has 0 radical (unpaired) electrons. The molecule has 0 unspecified atom stereocenters. The fourth-order valence-electron chi connectivity index (χ4n) is 2.05. The van der Waals surface area contributed by atoms with Crippen molar-refractivity contribution >= 4 is 17.7 Å². The molecule has 0 aliphatic heterocycles. The van der Waals surface area contributed by atoms with Crippen LogP contribution in [0.2, 0.25) is 0 Å². The van der Waals surface area contributed by atoms with E-state index in [1.54, 1.807) is 12.1 Å². The summed E-state index contributed by atoms with van der Waals surface area (Å²) in [6.07, 6.45) is 0. The second kappa shape index (κ2) is 8.54. The number of esters is 1. The molecule has 22 heavy (non-hydrogen) atoms. The lowest BCUT2D eigenvalue weighted by Gasteiger charge is -2.07. The molecule has 0 saturated heterocycles. The first-order valence-electron chi connectivity index (χ1n) is 6.89. The molecule has 0 spiro atoms. The SMILES string of the molecule is COC(=O)c1ccc(COCc2cccc(CNCl)c2)cc1. The van der Waals surface area contributed by atoms with Crippen LogP contribution in [0, 0.1) is 0 Å². The highest BCUT2D eigenvalue weighted by Crippen LogP contribution is 2.10. The van der Waals surface area contributed by atoms with Gasteiger partial charge >= 0.3 is 5.97 Å². The van der Waals surface area contributed by atoms with Gasteiger partial charge < -0.3 is 9.47 Å². The van der Waals surface area contributed by atoms with E-state index >= 15 is 0 Å². The summed E-state index contributed by atoms with van der Waals surface area (Å²) in [7, 11) is 1.37. The Bertz CT molecular complexity index is 614. The van der Waals surface area contributed by atoms with Gasteiger partial charge in [0, 0.05) is 6.54 Å². The van der Waals surface area contributed by atoms with Gasteiger partial charge in [-0.2, -0.15) is 0 Å². The van der Waals surface area contributed by atoms with E-state index in [2.05, 4.69) is 15.6 Å². The number of halogens is 1. The van der Waals surface area contributed by atoms with Crippen LogP contribution in [0.5, 0.6) is 0 Å². The van der Waals surface area contributed by atoms with E-state index in [4.69, 9.17) is 16.5 Å². The molecule has 0 saturated carbocycles. The molecule has 0 aromatic heterocycles. The van der Waals surface area contributed by atoms with E-state index < -0.39 is 0 Å². The maximum absolute atomic E-state index is 11.3. The molecule has 0 fully saturated rings. The number of carbonyl (C=O) groups is 1. The van der Waals surface area contributed by atoms with E-state index in [1.807, 2.05) is 30.3 Å². The zero-order chi connectivity index (χ0) is 15.8. The lowest BCUT2D eigenvalue weighted by molar-refractivity contribution is 0.0600. The van der Waals surface area contributed by atoms with Gasteiger partial charge in [0.2, 0.25) is 0 Å². The topological polar surface area (TPSA) is 47.6 Å². The number of ether oxygens (including phenoxy) is 2. The maximum Gasteiger partial charge on any atom is 0.337 e. The highest BCUT2D eigenvalue weighted by Gasteiger charge is 2.04. The van der Waals surface area contributed by atoms with Crippen molar-refractivity contribution in [1.82, 2.24) is 4.84 Å². The number of carbonyl (C=O) groups excluding carboxylic acids is 1. The van der Waals surface area contributed by atoms with Crippen LogP contribution in [-0.4, -0.2) is 13.1 Å². The van der Waals surface area contributed by atoms with Gasteiger partial charge in [-0.3, -0.25) is 0 Å². The summed E-state index contributed by atoms with van der Waals surface area (Å²) >= 11 is 5.50. The zero-order valence-corrected chi connectivity index (χ0v) is 13.1. The van der Waals surface area contributed by atoms with Gasteiger partial charge in [0.25, 0.3) is 0 Å². The average molecular weight is 320 g/mol. The summed E-state index contributed by atoms with van der Waals surface area (Å²) in [6, 6.07) is 15.2. The number of nitrogens with one attached hydrogen (secondary N) is 1. The van der Waals surface area contributed by atoms with Crippen LogP contribution in [0.25, 0.3) is 0 Å². The minimum Gasteiger partial charge on any atom is -0.465 e. The first-order chi connectivity index (χ1) is 10.7. The molecule has 4 nitrogen and oxygen atoms in total. The summed E-state index contributed by atoms with van der Waals surface area (Å²) < 4.78 is 10.4. The van der Waals surface area contributed by atoms with Crippen LogP contribution in [0.4, 0.5) is 0 Å². The highest BCUT2D eigenvalue weighted by atomic mass is 35.5. The molecule has 2 aromatic carbocycles. The van der Waals surface area contributed by atoms with Gasteiger partial charge in [-0.1, -0.05) is 36.4 Å². The van der Waals surface area contributed by atoms with Crippen LogP contribution >= 0.6 is 11.8 Å². The smallest absolute Gasteiger partial charge is 0.337 e. The Morgan fingerprint density at radius 2 is 1.73 bits per heavy atom. The van der Waals surface area contributed by atoms with Crippen molar-refractivity contribution in [3.05, 3.63) is 70.8 Å². The fraction of sp³-hybridized carbons (Fsp3) is 0.235. The van der Waals surface area contributed by atoms with Crippen molar-refractivity contribution < 1.29 is 14.3 Å². The van der Waals surface area contributed by atoms with Crippen LogP contribution in [-0.2, 0) is 29.2 Å². The van der Waals surface area contributed by atoms with E-state index in [1.165, 1.54) is 7.11 Å². The molecular formula is C17H18ClNO3. The molecule has 5 heteroatoms. The zero-order valence-electron chi connectivity index (χ0n) is 12.3. The summed E-state index contributed by atoms with van der Waals surface area (Å²) in [5.41, 5.74) is 3.74. The van der Waals surface area contributed by atoms with Crippen LogP contribution < -0.4 is 4.84 Å². The second-order valence-corrected chi connectivity index (χ2v) is 5.08. The Morgan fingerprint density at radius 3 is 2.41 bits per heavy atom. The number of hydrogen-bond donors (Lipinski definition) is 1. The highest BCUT2D eigenvalue weighted by molar-refractivity contribution is 6.13. The van der Waals surface area contributed by atoms with E-state index in [9.17, 15) is 4.79 Å². The number of benzene rings is 2. The quantitative estimate of drug-likeness (QED) is 0.627. The van der Waals surface area contributed by atoms with Crippen LogP contribution in [0.3, 0.4) is 0 Å². The van der Waals surface area contributed by atoms with Crippen LogP contribution in [0.1, 0.15) is 27.0 Å². The van der Waals surface area contributed by atoms with Crippen molar-refractivity contribution in [3.8, 4) is 0 Å². The molecule has 116 valence electrons. The Morgan fingerprint density at radius 1 is 1.05 bits per heavy atom. The molecule has 0 amide bonds. The van der Waals surface area contributed by atoms with Gasteiger partial charge in [-0.25, -0.2) is 9.63 Å². The fourth-order valence-corrected chi connectivity index (χ4v) is 2.20. The predicted octanol–water partition coefficient (Wildman–Crippen LogP) is 3.43. The van der Waals surface area contributed by atoms with Gasteiger partial charge in [0.1, 0.15) is 0 Å². The lowest BCUT2D eigenvalue weighted by atomic mass is 10.1. The molecule has 0 aliphatic rings. The molecule has 1 N–H and O–H groups in total. The molecular weight excluding hydrogens is 302 g/mol. The van der Waals surface area contributed by atoms with Crippen molar-refractivity contribution in [2.75, 3.05) is 7.11 Å². The van der Waals surface area contributed by atoms with E-state index in [-0.39, 0.29) is 5.97 Å². The second-order valence-electron chi connectivity index (χ2n) is 4.81. The first-order valence-corrected chi connectivity index (χ1v) is 7.27. The van der Waals surface area contributed by atoms with Crippen molar-refractivity contribution in [1.29, 1.82) is 0 Å². The van der Waals surface area contributed by atoms with Crippen LogP contribution in [0.15, 0.2) is 48.5 Å². The third kappa shape index (κ3) is 4.84. The molecule has 0 bridgehead atoms. The van der Waals surface area contributed by atoms with Crippen molar-refractivity contribution in [2.45, 2.75) is 19.8 Å². The lowest BCUT2D eigenvalue weighted by Crippen LogP contribution is -2.02. The molecule has 0 heterocycles. The van der Waals surface area contributed by atoms with Gasteiger partial charge in [0.05, 0.1) is 25.9 Å². The van der Waals surface area contributed by atoms with Gasteiger partial charge in [-0.05, 0) is 40.6 Å². The first kappa shape index (κ1) is 16.5. The third-order valence-electron chi connectivity index (χ3n) is 3.17. The molecule has 2 aromatic rings. The Balaban J connectivity index is 1.85. The van der Waals surface area contributed by atoms with E-state index in [0.29, 0.717) is 25.3 Å². The monoisotopic (exact) mass is 319 g/mol. The van der Waals surface area contributed by atoms with Crippen molar-refractivity contribution in [3.63, 3.8) is 0 Å². The summed E-state index contributed by atoms with van der Waals surface area (Å²) in [5.74, 6) is -0.336.